The average Bonchev–Trinajstić information content (AvgIpc) is 2.75. The van der Waals surface area contributed by atoms with Crippen LogP contribution in [0.5, 0.6) is 0 Å². The number of fused-ring (bicyclic) bond motifs is 2. The Balaban J connectivity index is 2.49. The molecule has 2 rings (SSSR count). The van der Waals surface area contributed by atoms with Crippen molar-refractivity contribution in [3.8, 4) is 0 Å². The van der Waals surface area contributed by atoms with Crippen LogP contribution in [-0.2, 0) is 21.4 Å². The molecule has 1 aromatic carbocycles. The number of carbonyl (C=O) groups is 1. The summed E-state index contributed by atoms with van der Waals surface area (Å²) in [5.41, 5.74) is 0.0540. The lowest BCUT2D eigenvalue weighted by Gasteiger charge is -2.38. The van der Waals surface area contributed by atoms with E-state index in [9.17, 15) is 30.3 Å². The molecule has 7 heteroatoms. The van der Waals surface area contributed by atoms with Crippen LogP contribution >= 0.6 is 0 Å². The van der Waals surface area contributed by atoms with Crippen LogP contribution in [0, 0.1) is 5.92 Å². The molecule has 1 aliphatic heterocycles. The molecule has 1 heterocycles. The average molecular weight is 465 g/mol. The second kappa shape index (κ2) is 11.1. The maximum atomic E-state index is 12.7. The fourth-order valence-corrected chi connectivity index (χ4v) is 4.24. The molecule has 186 valence electrons. The Morgan fingerprint density at radius 1 is 1.21 bits per heavy atom. The molecule has 1 aliphatic rings. The molecule has 0 aliphatic carbocycles. The molecule has 0 saturated heterocycles. The van der Waals surface area contributed by atoms with Crippen molar-refractivity contribution in [1.82, 2.24) is 0 Å². The molecular formula is C26H40O7. The number of ether oxygens (including phenoxy) is 1. The van der Waals surface area contributed by atoms with Gasteiger partial charge in [0.15, 0.2) is 6.10 Å². The van der Waals surface area contributed by atoms with Crippen molar-refractivity contribution in [2.75, 3.05) is 6.61 Å². The smallest absolute Gasteiger partial charge is 0.338 e. The highest BCUT2D eigenvalue weighted by Crippen LogP contribution is 2.35. The molecule has 6 unspecified atom stereocenters. The third-order valence-electron chi connectivity index (χ3n) is 6.84. The first-order chi connectivity index (χ1) is 15.3. The minimum Gasteiger partial charge on any atom is -0.456 e. The molecule has 0 radical (unpaired) electrons. The summed E-state index contributed by atoms with van der Waals surface area (Å²) < 4.78 is 5.57. The summed E-state index contributed by atoms with van der Waals surface area (Å²) in [6.07, 6.45) is -2.40. The summed E-state index contributed by atoms with van der Waals surface area (Å²) in [6.45, 7) is 8.95. The van der Waals surface area contributed by atoms with Crippen LogP contribution in [0.25, 0.3) is 0 Å². The van der Waals surface area contributed by atoms with Crippen molar-refractivity contribution in [2.45, 2.75) is 95.7 Å². The topological polar surface area (TPSA) is 127 Å². The van der Waals surface area contributed by atoms with Crippen LogP contribution in [0.3, 0.4) is 0 Å². The number of rotatable bonds is 4. The van der Waals surface area contributed by atoms with Gasteiger partial charge < -0.3 is 30.3 Å². The highest BCUT2D eigenvalue weighted by atomic mass is 16.6. The Bertz CT molecular complexity index is 826. The lowest BCUT2D eigenvalue weighted by Crippen LogP contribution is -2.44. The number of benzene rings is 1. The molecule has 6 atom stereocenters. The van der Waals surface area contributed by atoms with Crippen LogP contribution < -0.4 is 0 Å². The van der Waals surface area contributed by atoms with E-state index in [4.69, 9.17) is 4.74 Å². The van der Waals surface area contributed by atoms with E-state index in [1.807, 2.05) is 32.9 Å². The summed E-state index contributed by atoms with van der Waals surface area (Å²) in [4.78, 5) is 12.7. The number of cyclic esters (lactones) is 1. The highest BCUT2D eigenvalue weighted by molar-refractivity contribution is 5.75. The second-order valence-electron chi connectivity index (χ2n) is 10.2. The van der Waals surface area contributed by atoms with Gasteiger partial charge in [-0.25, -0.2) is 4.79 Å². The molecule has 5 N–H and O–H groups in total. The fraction of sp³-hybridized carbons (Fsp3) is 0.654. The molecule has 0 saturated carbocycles. The van der Waals surface area contributed by atoms with Gasteiger partial charge in [-0.3, -0.25) is 0 Å². The number of hydrogen-bond donors (Lipinski definition) is 5. The zero-order valence-electron chi connectivity index (χ0n) is 20.4. The molecule has 1 aromatic rings. The predicted octanol–water partition coefficient (Wildman–Crippen LogP) is 2.01. The largest absolute Gasteiger partial charge is 0.456 e. The second-order valence-corrected chi connectivity index (χ2v) is 10.2. The van der Waals surface area contributed by atoms with Crippen molar-refractivity contribution >= 4 is 5.97 Å². The molecule has 0 aromatic heterocycles. The molecule has 2 bridgehead atoms. The van der Waals surface area contributed by atoms with Gasteiger partial charge in [0.25, 0.3) is 0 Å². The molecular weight excluding hydrogens is 424 g/mol. The van der Waals surface area contributed by atoms with Crippen LogP contribution in [0.1, 0.15) is 65.0 Å². The van der Waals surface area contributed by atoms with E-state index >= 15 is 0 Å². The molecule has 7 nitrogen and oxygen atoms in total. The van der Waals surface area contributed by atoms with Gasteiger partial charge in [0.2, 0.25) is 0 Å². The Morgan fingerprint density at radius 2 is 1.88 bits per heavy atom. The van der Waals surface area contributed by atoms with Crippen molar-refractivity contribution in [2.24, 2.45) is 5.92 Å². The van der Waals surface area contributed by atoms with Gasteiger partial charge >= 0.3 is 5.97 Å². The number of hydrogen-bond acceptors (Lipinski definition) is 7. The van der Waals surface area contributed by atoms with Crippen LogP contribution in [0.2, 0.25) is 0 Å². The summed E-state index contributed by atoms with van der Waals surface area (Å²) in [5.74, 6) is -1.13. The third kappa shape index (κ3) is 7.11. The number of aliphatic hydroxyl groups is 5. The monoisotopic (exact) mass is 464 g/mol. The van der Waals surface area contributed by atoms with Crippen LogP contribution in [0.4, 0.5) is 0 Å². The van der Waals surface area contributed by atoms with E-state index in [1.54, 1.807) is 32.1 Å². The van der Waals surface area contributed by atoms with Crippen molar-refractivity contribution in [3.05, 3.63) is 47.0 Å². The number of carbonyl (C=O) groups excluding carboxylic acids is 1. The molecule has 0 amide bonds. The Kier molecular flexibility index (Phi) is 9.24. The van der Waals surface area contributed by atoms with Gasteiger partial charge in [0.1, 0.15) is 6.10 Å². The lowest BCUT2D eigenvalue weighted by atomic mass is 9.74. The van der Waals surface area contributed by atoms with E-state index in [1.165, 1.54) is 0 Å². The zero-order chi connectivity index (χ0) is 25.0. The predicted molar refractivity (Wildman–Crippen MR) is 126 cm³/mol. The van der Waals surface area contributed by atoms with Crippen LogP contribution in [-0.4, -0.2) is 68.1 Å². The Morgan fingerprint density at radius 3 is 2.48 bits per heavy atom. The van der Waals surface area contributed by atoms with E-state index in [0.717, 1.165) is 5.56 Å². The van der Waals surface area contributed by atoms with Crippen molar-refractivity contribution in [3.63, 3.8) is 0 Å². The lowest BCUT2D eigenvalue weighted by molar-refractivity contribution is -0.166. The van der Waals surface area contributed by atoms with Crippen molar-refractivity contribution in [1.29, 1.82) is 0 Å². The number of esters is 1. The van der Waals surface area contributed by atoms with E-state index < -0.39 is 41.4 Å². The minimum absolute atomic E-state index is 0.0149. The molecule has 0 spiro atoms. The first-order valence-corrected chi connectivity index (χ1v) is 11.7. The van der Waals surface area contributed by atoms with E-state index in [-0.39, 0.29) is 31.8 Å². The quantitative estimate of drug-likeness (QED) is 0.341. The summed E-state index contributed by atoms with van der Waals surface area (Å²) in [6, 6.07) is 7.29. The fourth-order valence-electron chi connectivity index (χ4n) is 4.24. The Hall–Kier alpha value is -1.77. The highest BCUT2D eigenvalue weighted by Gasteiger charge is 2.39. The van der Waals surface area contributed by atoms with E-state index in [2.05, 4.69) is 0 Å². The normalized spacial score (nSPS) is 32.5. The maximum absolute atomic E-state index is 12.7. The van der Waals surface area contributed by atoms with Gasteiger partial charge in [-0.05, 0) is 37.0 Å². The molecule has 33 heavy (non-hydrogen) atoms. The van der Waals surface area contributed by atoms with Crippen molar-refractivity contribution < 1.29 is 35.1 Å². The SMILES string of the molecule is CCC(C=C(C)C1CC(C)(O)CC(O)C(C)(C)c2cccc(c2)CC(O)C(O)C(=O)O1)CO. The van der Waals surface area contributed by atoms with Gasteiger partial charge in [0, 0.05) is 37.2 Å². The molecule has 0 fully saturated rings. The Labute approximate surface area is 196 Å². The van der Waals surface area contributed by atoms with E-state index in [0.29, 0.717) is 17.6 Å². The van der Waals surface area contributed by atoms with Gasteiger partial charge in [-0.15, -0.1) is 0 Å². The van der Waals surface area contributed by atoms with Gasteiger partial charge in [0.05, 0.1) is 17.8 Å². The standard InChI is InChI=1S/C26H40O7/c1-6-17(15-27)10-16(2)21-13-26(5,32)14-22(29)25(3,4)19-9-7-8-18(11-19)12-20(28)23(30)24(31)33-21/h7-11,17,20-23,27-30,32H,6,12-15H2,1-5H3. The summed E-state index contributed by atoms with van der Waals surface area (Å²) >= 11 is 0. The summed E-state index contributed by atoms with van der Waals surface area (Å²) in [5, 5.41) is 52.8. The minimum atomic E-state index is -1.75. The maximum Gasteiger partial charge on any atom is 0.338 e. The first-order valence-electron chi connectivity index (χ1n) is 11.7. The zero-order valence-corrected chi connectivity index (χ0v) is 20.4. The third-order valence-corrected chi connectivity index (χ3v) is 6.84. The number of aliphatic hydroxyl groups excluding tert-OH is 4. The van der Waals surface area contributed by atoms with Gasteiger partial charge in [-0.2, -0.15) is 0 Å². The van der Waals surface area contributed by atoms with Crippen LogP contribution in [0.15, 0.2) is 35.9 Å². The summed E-state index contributed by atoms with van der Waals surface area (Å²) in [7, 11) is 0. The first kappa shape index (κ1) is 27.5. The van der Waals surface area contributed by atoms with Gasteiger partial charge in [-0.1, -0.05) is 51.1 Å².